The molecule has 0 fully saturated rings. The average molecular weight is 469 g/mol. The summed E-state index contributed by atoms with van der Waals surface area (Å²) in [7, 11) is 0. The predicted octanol–water partition coefficient (Wildman–Crippen LogP) is 4.09. The quantitative estimate of drug-likeness (QED) is 0.657. The van der Waals surface area contributed by atoms with E-state index in [1.54, 1.807) is 0 Å². The van der Waals surface area contributed by atoms with Crippen LogP contribution >= 0.6 is 11.3 Å². The largest absolute Gasteiger partial charge is 0.499 e. The SMILES string of the molecule is CC1=C(CC(=O)O)C2=CC(=O)C(F)CC2N1C(=O)c1csc(OC(F)(F)C(F)(F)F)c1. The molecule has 1 amide bonds. The number of hydrogen-bond acceptors (Lipinski definition) is 5. The van der Waals surface area contributed by atoms with Gasteiger partial charge in [-0.2, -0.15) is 22.0 Å². The van der Waals surface area contributed by atoms with Crippen molar-refractivity contribution in [2.75, 3.05) is 0 Å². The van der Waals surface area contributed by atoms with Crippen LogP contribution in [0.5, 0.6) is 5.06 Å². The van der Waals surface area contributed by atoms with Crippen LogP contribution in [0.2, 0.25) is 0 Å². The van der Waals surface area contributed by atoms with Gasteiger partial charge in [-0.05, 0) is 24.1 Å². The van der Waals surface area contributed by atoms with Gasteiger partial charge >= 0.3 is 18.3 Å². The van der Waals surface area contributed by atoms with Crippen molar-refractivity contribution in [3.8, 4) is 5.06 Å². The lowest BCUT2D eigenvalue weighted by Gasteiger charge is -2.30. The van der Waals surface area contributed by atoms with Gasteiger partial charge in [0, 0.05) is 23.6 Å². The molecule has 0 radical (unpaired) electrons. The van der Waals surface area contributed by atoms with Gasteiger partial charge in [0.15, 0.2) is 17.0 Å². The first-order valence-corrected chi connectivity index (χ1v) is 9.48. The summed E-state index contributed by atoms with van der Waals surface area (Å²) in [6.45, 7) is 1.37. The Hall–Kier alpha value is -2.83. The molecule has 1 aromatic heterocycles. The van der Waals surface area contributed by atoms with Crippen molar-refractivity contribution in [1.82, 2.24) is 4.90 Å². The number of ketones is 1. The van der Waals surface area contributed by atoms with Gasteiger partial charge in [-0.15, -0.1) is 11.3 Å². The normalized spacial score (nSPS) is 21.8. The molecule has 0 saturated heterocycles. The minimum atomic E-state index is -5.97. The van der Waals surface area contributed by atoms with Gasteiger partial charge in [0.1, 0.15) is 0 Å². The first kappa shape index (κ1) is 22.8. The number of halogens is 6. The number of hydrogen-bond donors (Lipinski definition) is 1. The summed E-state index contributed by atoms with van der Waals surface area (Å²) in [5, 5.41) is 9.22. The number of rotatable bonds is 5. The maximum absolute atomic E-state index is 14.0. The summed E-state index contributed by atoms with van der Waals surface area (Å²) in [5.41, 5.74) is 0.0734. The van der Waals surface area contributed by atoms with Crippen LogP contribution in [0.25, 0.3) is 0 Å². The summed E-state index contributed by atoms with van der Waals surface area (Å²) in [4.78, 5) is 36.9. The Morgan fingerprint density at radius 1 is 1.29 bits per heavy atom. The second kappa shape index (κ2) is 7.70. The molecule has 1 aromatic rings. The van der Waals surface area contributed by atoms with E-state index in [-0.39, 0.29) is 22.4 Å². The van der Waals surface area contributed by atoms with E-state index in [1.165, 1.54) is 6.92 Å². The zero-order valence-electron chi connectivity index (χ0n) is 15.5. The second-order valence-electron chi connectivity index (χ2n) is 6.80. The fourth-order valence-corrected chi connectivity index (χ4v) is 4.14. The van der Waals surface area contributed by atoms with Gasteiger partial charge in [0.2, 0.25) is 0 Å². The Morgan fingerprint density at radius 2 is 1.94 bits per heavy atom. The van der Waals surface area contributed by atoms with Gasteiger partial charge in [0.05, 0.1) is 18.0 Å². The number of carboxylic acids is 1. The van der Waals surface area contributed by atoms with E-state index < -0.39 is 60.1 Å². The molecule has 3 rings (SSSR count). The van der Waals surface area contributed by atoms with Crippen molar-refractivity contribution >= 4 is 29.0 Å². The molecule has 0 spiro atoms. The Kier molecular flexibility index (Phi) is 5.67. The summed E-state index contributed by atoms with van der Waals surface area (Å²) >= 11 is 0.320. The summed E-state index contributed by atoms with van der Waals surface area (Å²) in [6.07, 6.45) is -13.5. The van der Waals surface area contributed by atoms with Gasteiger partial charge in [-0.3, -0.25) is 14.4 Å². The highest BCUT2D eigenvalue weighted by molar-refractivity contribution is 7.12. The maximum atomic E-state index is 14.0. The number of carbonyl (C=O) groups excluding carboxylic acids is 2. The maximum Gasteiger partial charge on any atom is 0.499 e. The molecule has 0 bridgehead atoms. The number of fused-ring (bicyclic) bond motifs is 1. The Bertz CT molecular complexity index is 1010. The fourth-order valence-electron chi connectivity index (χ4n) is 3.38. The number of ether oxygens (including phenoxy) is 1. The van der Waals surface area contributed by atoms with E-state index in [2.05, 4.69) is 4.74 Å². The number of nitrogens with zero attached hydrogens (tertiary/aromatic N) is 1. The highest BCUT2D eigenvalue weighted by atomic mass is 32.1. The van der Waals surface area contributed by atoms with Crippen LogP contribution in [0.15, 0.2) is 34.4 Å². The van der Waals surface area contributed by atoms with Crippen molar-refractivity contribution in [2.45, 2.75) is 44.3 Å². The van der Waals surface area contributed by atoms with E-state index in [0.29, 0.717) is 17.4 Å². The first-order valence-electron chi connectivity index (χ1n) is 8.60. The van der Waals surface area contributed by atoms with Crippen molar-refractivity contribution < 1.29 is 50.6 Å². The third kappa shape index (κ3) is 4.18. The zero-order valence-corrected chi connectivity index (χ0v) is 16.3. The number of carboxylic acid groups (broad SMARTS) is 1. The summed E-state index contributed by atoms with van der Waals surface area (Å²) in [5.74, 6) is -3.03. The van der Waals surface area contributed by atoms with Crippen molar-refractivity contribution in [3.05, 3.63) is 39.9 Å². The lowest BCUT2D eigenvalue weighted by Crippen LogP contribution is -2.41. The lowest BCUT2D eigenvalue weighted by molar-refractivity contribution is -0.359. The molecule has 2 unspecified atom stereocenters. The van der Waals surface area contributed by atoms with Crippen LogP contribution in [-0.4, -0.2) is 52.2 Å². The molecule has 6 nitrogen and oxygen atoms in total. The molecule has 2 heterocycles. The standard InChI is InChI=1S/C18H13F6NO5S/c1-7-9(4-14(27)28)10-3-13(26)11(19)5-12(10)25(7)16(29)8-2-15(31-6-8)30-18(23,24)17(20,21)22/h2-3,6,11-12H,4-5H2,1H3,(H,27,28). The van der Waals surface area contributed by atoms with Crippen LogP contribution in [0, 0.1) is 0 Å². The van der Waals surface area contributed by atoms with Gasteiger partial charge < -0.3 is 14.7 Å². The molecule has 31 heavy (non-hydrogen) atoms. The fraction of sp³-hybridized carbons (Fsp3) is 0.389. The van der Waals surface area contributed by atoms with Crippen LogP contribution in [0.4, 0.5) is 26.3 Å². The number of carbonyl (C=O) groups is 3. The Morgan fingerprint density at radius 3 is 2.52 bits per heavy atom. The second-order valence-corrected chi connectivity index (χ2v) is 7.68. The molecule has 0 aromatic carbocycles. The monoisotopic (exact) mass is 469 g/mol. The molecular formula is C18H13F6NO5S. The van der Waals surface area contributed by atoms with Gasteiger partial charge in [0.25, 0.3) is 5.91 Å². The van der Waals surface area contributed by atoms with Crippen molar-refractivity contribution in [3.63, 3.8) is 0 Å². The van der Waals surface area contributed by atoms with E-state index in [1.807, 2.05) is 0 Å². The molecular weight excluding hydrogens is 456 g/mol. The molecule has 1 N–H and O–H groups in total. The van der Waals surface area contributed by atoms with E-state index >= 15 is 0 Å². The minimum absolute atomic E-state index is 0.111. The predicted molar refractivity (Wildman–Crippen MR) is 93.5 cm³/mol. The van der Waals surface area contributed by atoms with Crippen LogP contribution < -0.4 is 4.74 Å². The summed E-state index contributed by atoms with van der Waals surface area (Å²) < 4.78 is 80.8. The Labute approximate surface area is 174 Å². The molecule has 1 aliphatic heterocycles. The molecule has 2 aliphatic rings. The number of thiophene rings is 1. The first-order chi connectivity index (χ1) is 14.2. The van der Waals surface area contributed by atoms with Crippen molar-refractivity contribution in [1.29, 1.82) is 0 Å². The summed E-state index contributed by atoms with van der Waals surface area (Å²) in [6, 6.07) is -0.338. The van der Waals surface area contributed by atoms with Crippen LogP contribution in [0.1, 0.15) is 30.1 Å². The van der Waals surface area contributed by atoms with Gasteiger partial charge in [-0.25, -0.2) is 4.39 Å². The minimum Gasteiger partial charge on any atom is -0.481 e. The molecule has 13 heteroatoms. The third-order valence-electron chi connectivity index (χ3n) is 4.78. The third-order valence-corrected chi connectivity index (χ3v) is 5.59. The lowest BCUT2D eigenvalue weighted by atomic mass is 9.88. The van der Waals surface area contributed by atoms with Gasteiger partial charge in [-0.1, -0.05) is 0 Å². The average Bonchev–Trinajstić information content (AvgIpc) is 3.18. The highest BCUT2D eigenvalue weighted by Gasteiger charge is 2.61. The number of allylic oxidation sites excluding steroid dienone is 2. The van der Waals surface area contributed by atoms with E-state index in [9.17, 15) is 40.7 Å². The van der Waals surface area contributed by atoms with Crippen LogP contribution in [-0.2, 0) is 9.59 Å². The number of amides is 1. The van der Waals surface area contributed by atoms with E-state index in [4.69, 9.17) is 5.11 Å². The molecule has 0 saturated carbocycles. The molecule has 1 aliphatic carbocycles. The zero-order chi connectivity index (χ0) is 23.3. The van der Waals surface area contributed by atoms with Crippen LogP contribution in [0.3, 0.4) is 0 Å². The molecule has 168 valence electrons. The van der Waals surface area contributed by atoms with Crippen molar-refractivity contribution in [2.24, 2.45) is 0 Å². The molecule has 2 atom stereocenters. The van der Waals surface area contributed by atoms with E-state index in [0.717, 1.165) is 16.4 Å². The smallest absolute Gasteiger partial charge is 0.481 e. The highest BCUT2D eigenvalue weighted by Crippen LogP contribution is 2.43. The topological polar surface area (TPSA) is 83.9 Å². The Balaban J connectivity index is 1.93. The number of alkyl halides is 6. The number of aliphatic carboxylic acids is 1.